The normalized spacial score (nSPS) is 16.0. The molecule has 1 saturated heterocycles. The number of ether oxygens (including phenoxy) is 1. The number of nitriles is 1. The van der Waals surface area contributed by atoms with Crippen LogP contribution in [0.1, 0.15) is 101 Å². The molecule has 3 rings (SSSR count). The van der Waals surface area contributed by atoms with E-state index in [2.05, 4.69) is 11.1 Å². The zero-order chi connectivity index (χ0) is 36.4. The molecule has 0 saturated carbocycles. The van der Waals surface area contributed by atoms with E-state index in [0.717, 1.165) is 23.9 Å². The van der Waals surface area contributed by atoms with Crippen molar-refractivity contribution in [2.45, 2.75) is 97.2 Å². The van der Waals surface area contributed by atoms with Crippen molar-refractivity contribution < 1.29 is 37.4 Å². The molecule has 1 aliphatic rings. The van der Waals surface area contributed by atoms with Crippen LogP contribution in [0.15, 0.2) is 42.6 Å². The van der Waals surface area contributed by atoms with Gasteiger partial charge in [-0.05, 0) is 63.6 Å². The van der Waals surface area contributed by atoms with Crippen LogP contribution in [-0.2, 0) is 21.2 Å². The lowest BCUT2D eigenvalue weighted by atomic mass is 9.73. The molecule has 0 spiro atoms. The number of pyridine rings is 1. The van der Waals surface area contributed by atoms with Crippen molar-refractivity contribution in [3.63, 3.8) is 0 Å². The van der Waals surface area contributed by atoms with Crippen molar-refractivity contribution in [3.05, 3.63) is 59.4 Å². The molecule has 49 heavy (non-hydrogen) atoms. The van der Waals surface area contributed by atoms with Crippen LogP contribution in [0.3, 0.4) is 0 Å². The topological polar surface area (TPSA) is 124 Å². The third kappa shape index (κ3) is 9.18. The minimum Gasteiger partial charge on any atom is -0.493 e. The number of aromatic nitrogens is 1. The Morgan fingerprint density at radius 2 is 1.78 bits per heavy atom. The van der Waals surface area contributed by atoms with Gasteiger partial charge in [0, 0.05) is 42.9 Å². The molecular formula is C37H49F3N4O5. The third-order valence-corrected chi connectivity index (χ3v) is 9.77. The predicted octanol–water partition coefficient (Wildman–Crippen LogP) is 6.59. The highest BCUT2D eigenvalue weighted by Crippen LogP contribution is 2.41. The van der Waals surface area contributed by atoms with Crippen molar-refractivity contribution in [1.29, 1.82) is 5.26 Å². The van der Waals surface area contributed by atoms with E-state index >= 15 is 0 Å². The number of rotatable bonds is 16. The Hall–Kier alpha value is -3.98. The van der Waals surface area contributed by atoms with Gasteiger partial charge in [0.05, 0.1) is 29.6 Å². The number of aliphatic hydroxyl groups is 1. The van der Waals surface area contributed by atoms with Crippen molar-refractivity contribution in [3.8, 4) is 11.8 Å². The molecule has 1 aromatic carbocycles. The highest BCUT2D eigenvalue weighted by atomic mass is 19.4. The number of nitrogens with zero attached hydrogens (tertiary/aromatic N) is 4. The Labute approximate surface area is 287 Å². The van der Waals surface area contributed by atoms with Crippen LogP contribution in [0.2, 0.25) is 0 Å². The van der Waals surface area contributed by atoms with Gasteiger partial charge in [-0.2, -0.15) is 18.4 Å². The summed E-state index contributed by atoms with van der Waals surface area (Å²) in [7, 11) is 0. The number of ketones is 1. The number of aliphatic hydroxyl groups excluding tert-OH is 1. The Morgan fingerprint density at radius 1 is 1.10 bits per heavy atom. The molecule has 2 heterocycles. The molecular weight excluding hydrogens is 637 g/mol. The van der Waals surface area contributed by atoms with E-state index in [1.165, 1.54) is 4.90 Å². The first kappa shape index (κ1) is 39.5. The average molecular weight is 687 g/mol. The largest absolute Gasteiger partial charge is 0.493 e. The van der Waals surface area contributed by atoms with Crippen LogP contribution in [0.4, 0.5) is 13.2 Å². The molecule has 9 nitrogen and oxygen atoms in total. The molecule has 0 bridgehead atoms. The van der Waals surface area contributed by atoms with E-state index in [0.29, 0.717) is 57.3 Å². The van der Waals surface area contributed by atoms with Gasteiger partial charge in [0.15, 0.2) is 5.78 Å². The highest BCUT2D eigenvalue weighted by Gasteiger charge is 2.44. The van der Waals surface area contributed by atoms with E-state index in [1.807, 2.05) is 32.0 Å². The lowest BCUT2D eigenvalue weighted by molar-refractivity contribution is -0.140. The number of hydrogen-bond acceptors (Lipinski definition) is 7. The lowest BCUT2D eigenvalue weighted by Crippen LogP contribution is -2.53. The molecule has 0 radical (unpaired) electrons. The second-order valence-electron chi connectivity index (χ2n) is 13.3. The first-order valence-corrected chi connectivity index (χ1v) is 17.1. The van der Waals surface area contributed by atoms with E-state index < -0.39 is 52.7 Å². The van der Waals surface area contributed by atoms with Gasteiger partial charge in [0.25, 0.3) is 5.91 Å². The number of alkyl halides is 3. The second-order valence-corrected chi connectivity index (χ2v) is 13.3. The van der Waals surface area contributed by atoms with Gasteiger partial charge in [-0.1, -0.05) is 52.3 Å². The monoisotopic (exact) mass is 686 g/mol. The molecule has 1 N–H and O–H groups in total. The predicted molar refractivity (Wildman–Crippen MR) is 179 cm³/mol. The fraction of sp³-hybridized carbons (Fsp3) is 0.595. The number of halogens is 3. The molecule has 1 aromatic heterocycles. The number of piperidine rings is 1. The summed E-state index contributed by atoms with van der Waals surface area (Å²) in [5.74, 6) is -1.38. The fourth-order valence-electron chi connectivity index (χ4n) is 6.77. The quantitative estimate of drug-likeness (QED) is 0.198. The number of benzene rings is 1. The van der Waals surface area contributed by atoms with Crippen molar-refractivity contribution in [1.82, 2.24) is 14.8 Å². The first-order valence-electron chi connectivity index (χ1n) is 17.1. The van der Waals surface area contributed by atoms with E-state index in [1.54, 1.807) is 31.7 Å². The van der Waals surface area contributed by atoms with Crippen LogP contribution in [-0.4, -0.2) is 76.4 Å². The Kier molecular flexibility index (Phi) is 13.8. The molecule has 1 fully saturated rings. The third-order valence-electron chi connectivity index (χ3n) is 9.77. The summed E-state index contributed by atoms with van der Waals surface area (Å²) in [6, 6.07) is 11.2. The zero-order valence-corrected chi connectivity index (χ0v) is 29.2. The molecule has 2 unspecified atom stereocenters. The summed E-state index contributed by atoms with van der Waals surface area (Å²) in [6.07, 6.45) is -0.404. The molecule has 2 aromatic rings. The highest BCUT2D eigenvalue weighted by molar-refractivity contribution is 5.94. The minimum absolute atomic E-state index is 0.102. The number of carbonyl (C=O) groups is 3. The van der Waals surface area contributed by atoms with Gasteiger partial charge in [-0.3, -0.25) is 19.4 Å². The zero-order valence-electron chi connectivity index (χ0n) is 29.2. The minimum atomic E-state index is -4.76. The van der Waals surface area contributed by atoms with E-state index in [4.69, 9.17) is 4.74 Å². The number of likely N-dealkylation sites (tertiary alicyclic amines) is 1. The van der Waals surface area contributed by atoms with Crippen LogP contribution in [0, 0.1) is 22.7 Å². The number of amides is 2. The number of Topliss-reactive ketones (excluding diaryl/α,β-unsaturated/α-hetero) is 1. The number of hydrogen-bond donors (Lipinski definition) is 1. The van der Waals surface area contributed by atoms with Crippen molar-refractivity contribution >= 4 is 17.6 Å². The Morgan fingerprint density at radius 3 is 2.35 bits per heavy atom. The van der Waals surface area contributed by atoms with Gasteiger partial charge >= 0.3 is 6.18 Å². The SMILES string of the molecule is CCCC(C(CC)C(=O)N1CCC(C#N)(c2ccccc2OCCCC(C)(C)C(=O)CO)CC1)N(CC)C(=O)c1ncccc1C(F)(F)F. The number of carbonyl (C=O) groups excluding carboxylic acids is 3. The summed E-state index contributed by atoms with van der Waals surface area (Å²) in [4.78, 5) is 46.7. The van der Waals surface area contributed by atoms with Crippen LogP contribution < -0.4 is 4.74 Å². The smallest absolute Gasteiger partial charge is 0.418 e. The van der Waals surface area contributed by atoms with Gasteiger partial charge in [-0.15, -0.1) is 0 Å². The summed E-state index contributed by atoms with van der Waals surface area (Å²) in [5.41, 5.74) is -2.65. The molecule has 268 valence electrons. The second kappa shape index (κ2) is 17.1. The van der Waals surface area contributed by atoms with Gasteiger partial charge in [0.2, 0.25) is 5.91 Å². The molecule has 2 atom stereocenters. The number of para-hydroxylation sites is 1. The Bertz CT molecular complexity index is 1480. The van der Waals surface area contributed by atoms with Gasteiger partial charge < -0.3 is 19.6 Å². The van der Waals surface area contributed by atoms with E-state index in [-0.39, 0.29) is 31.3 Å². The van der Waals surface area contributed by atoms with Gasteiger partial charge in [-0.25, -0.2) is 0 Å². The van der Waals surface area contributed by atoms with Crippen molar-refractivity contribution in [2.75, 3.05) is 32.8 Å². The van der Waals surface area contributed by atoms with Crippen LogP contribution >= 0.6 is 0 Å². The molecule has 1 aliphatic heterocycles. The summed E-state index contributed by atoms with van der Waals surface area (Å²) in [6.45, 7) is 9.47. The maximum atomic E-state index is 14.1. The summed E-state index contributed by atoms with van der Waals surface area (Å²) in [5, 5.41) is 19.7. The maximum Gasteiger partial charge on any atom is 0.418 e. The molecule has 12 heteroatoms. The lowest BCUT2D eigenvalue weighted by Gasteiger charge is -2.42. The van der Waals surface area contributed by atoms with Gasteiger partial charge in [0.1, 0.15) is 18.1 Å². The van der Waals surface area contributed by atoms with Crippen LogP contribution in [0.25, 0.3) is 0 Å². The molecule has 2 amide bonds. The summed E-state index contributed by atoms with van der Waals surface area (Å²) >= 11 is 0. The molecule has 0 aliphatic carbocycles. The fourth-order valence-corrected chi connectivity index (χ4v) is 6.77. The summed E-state index contributed by atoms with van der Waals surface area (Å²) < 4.78 is 47.5. The Balaban J connectivity index is 1.78. The standard InChI is InChI=1S/C37H49F3N4O5/c1-6-13-29(44(8-3)34(48)32-28(37(38,39)40)15-11-20-42-32)26(7-2)33(47)43-21-18-36(25-41,19-22-43)27-14-9-10-16-30(27)49-23-12-17-35(4,5)31(46)24-45/h9-11,14-16,20,26,29,45H,6-8,12-13,17-19,21-24H2,1-5H3. The van der Waals surface area contributed by atoms with E-state index in [9.17, 15) is 37.9 Å². The van der Waals surface area contributed by atoms with Crippen molar-refractivity contribution in [2.24, 2.45) is 11.3 Å². The average Bonchev–Trinajstić information content (AvgIpc) is 3.10. The first-order chi connectivity index (χ1) is 23.2. The maximum absolute atomic E-state index is 14.1. The van der Waals surface area contributed by atoms with Crippen LogP contribution in [0.5, 0.6) is 5.75 Å².